The van der Waals surface area contributed by atoms with E-state index in [1.54, 1.807) is 0 Å². The van der Waals surface area contributed by atoms with E-state index < -0.39 is 5.79 Å². The fraction of sp³-hybridized carbons (Fsp3) is 0.750. The number of carbonyl (C=O) groups excluding carboxylic acids is 1. The first-order valence-corrected chi connectivity index (χ1v) is 5.83. The maximum atomic E-state index is 11.5. The quantitative estimate of drug-likeness (QED) is 0.466. The van der Waals surface area contributed by atoms with Crippen LogP contribution in [0.1, 0.15) is 32.6 Å². The van der Waals surface area contributed by atoms with E-state index in [9.17, 15) is 4.79 Å². The molecule has 0 bridgehead atoms. The molecule has 4 nitrogen and oxygen atoms in total. The molecular weight excluding hydrogens is 208 g/mol. The summed E-state index contributed by atoms with van der Waals surface area (Å²) in [6.07, 6.45) is 6.44. The Morgan fingerprint density at radius 1 is 1.31 bits per heavy atom. The van der Waals surface area contributed by atoms with Crippen molar-refractivity contribution >= 4 is 5.97 Å². The zero-order valence-corrected chi connectivity index (χ0v) is 9.61. The average Bonchev–Trinajstić information content (AvgIpc) is 2.71. The molecule has 1 atom stereocenters. The molecule has 0 aliphatic carbocycles. The fourth-order valence-corrected chi connectivity index (χ4v) is 2.04. The molecule has 0 radical (unpaired) electrons. The molecule has 2 aliphatic rings. The Morgan fingerprint density at radius 3 is 2.81 bits per heavy atom. The summed E-state index contributed by atoms with van der Waals surface area (Å²) < 4.78 is 16.4. The Bertz CT molecular complexity index is 279. The fourth-order valence-electron chi connectivity index (χ4n) is 2.04. The van der Waals surface area contributed by atoms with Crippen molar-refractivity contribution < 1.29 is 19.0 Å². The molecule has 90 valence electrons. The summed E-state index contributed by atoms with van der Waals surface area (Å²) in [7, 11) is 0. The summed E-state index contributed by atoms with van der Waals surface area (Å²) in [6, 6.07) is 0. The molecule has 4 heteroatoms. The zero-order chi connectivity index (χ0) is 11.4. The van der Waals surface area contributed by atoms with Crippen LogP contribution in [-0.4, -0.2) is 31.1 Å². The summed E-state index contributed by atoms with van der Waals surface area (Å²) in [4.78, 5) is 11.5. The van der Waals surface area contributed by atoms with Gasteiger partial charge in [-0.15, -0.1) is 0 Å². The van der Waals surface area contributed by atoms with E-state index >= 15 is 0 Å². The normalized spacial score (nSPS) is 32.3. The molecule has 0 aromatic carbocycles. The Labute approximate surface area is 95.6 Å². The van der Waals surface area contributed by atoms with Crippen molar-refractivity contribution in [2.24, 2.45) is 0 Å². The minimum absolute atomic E-state index is 0.0387. The van der Waals surface area contributed by atoms with Crippen LogP contribution in [0.25, 0.3) is 0 Å². The maximum absolute atomic E-state index is 11.5. The van der Waals surface area contributed by atoms with E-state index in [0.717, 1.165) is 6.42 Å². The largest absolute Gasteiger partial charge is 0.462 e. The second kappa shape index (κ2) is 4.97. The van der Waals surface area contributed by atoms with Crippen LogP contribution in [0.4, 0.5) is 0 Å². The van der Waals surface area contributed by atoms with Gasteiger partial charge in [-0.1, -0.05) is 12.2 Å². The van der Waals surface area contributed by atoms with Crippen LogP contribution in [0.2, 0.25) is 0 Å². The van der Waals surface area contributed by atoms with Crippen LogP contribution in [-0.2, 0) is 19.0 Å². The zero-order valence-electron chi connectivity index (χ0n) is 9.61. The van der Waals surface area contributed by atoms with Crippen LogP contribution in [0.15, 0.2) is 12.2 Å². The molecule has 2 heterocycles. The SMILES string of the molecule is CC1C/C=C/CC2(CCC(=O)O1)OCCO2. The third-order valence-corrected chi connectivity index (χ3v) is 2.92. The molecule has 16 heavy (non-hydrogen) atoms. The number of hydrogen-bond donors (Lipinski definition) is 0. The summed E-state index contributed by atoms with van der Waals surface area (Å²) in [6.45, 7) is 3.13. The molecule has 2 rings (SSSR count). The lowest BCUT2D eigenvalue weighted by Gasteiger charge is -2.26. The van der Waals surface area contributed by atoms with Gasteiger partial charge >= 0.3 is 5.97 Å². The van der Waals surface area contributed by atoms with Crippen LogP contribution < -0.4 is 0 Å². The molecule has 1 saturated heterocycles. The third-order valence-electron chi connectivity index (χ3n) is 2.92. The number of ether oxygens (including phenoxy) is 3. The van der Waals surface area contributed by atoms with Crippen molar-refractivity contribution in [1.29, 1.82) is 0 Å². The predicted octanol–water partition coefficient (Wildman–Crippen LogP) is 1.79. The molecule has 0 saturated carbocycles. The number of rotatable bonds is 0. The van der Waals surface area contributed by atoms with Gasteiger partial charge in [0, 0.05) is 19.3 Å². The highest BCUT2D eigenvalue weighted by molar-refractivity contribution is 5.69. The summed E-state index contributed by atoms with van der Waals surface area (Å²) >= 11 is 0. The van der Waals surface area contributed by atoms with Crippen molar-refractivity contribution in [2.75, 3.05) is 13.2 Å². The van der Waals surface area contributed by atoms with Crippen molar-refractivity contribution in [3.63, 3.8) is 0 Å². The Balaban J connectivity index is 2.04. The van der Waals surface area contributed by atoms with E-state index in [1.807, 2.05) is 13.0 Å². The van der Waals surface area contributed by atoms with Crippen LogP contribution >= 0.6 is 0 Å². The molecule has 0 amide bonds. The Morgan fingerprint density at radius 2 is 2.06 bits per heavy atom. The highest BCUT2D eigenvalue weighted by Crippen LogP contribution is 2.30. The highest BCUT2D eigenvalue weighted by atomic mass is 16.7. The van der Waals surface area contributed by atoms with E-state index in [4.69, 9.17) is 14.2 Å². The van der Waals surface area contributed by atoms with Gasteiger partial charge in [0.2, 0.25) is 0 Å². The van der Waals surface area contributed by atoms with Gasteiger partial charge in [-0.25, -0.2) is 0 Å². The molecule has 1 fully saturated rings. The number of hydrogen-bond acceptors (Lipinski definition) is 4. The summed E-state index contributed by atoms with van der Waals surface area (Å²) in [5.41, 5.74) is 0. The van der Waals surface area contributed by atoms with Gasteiger partial charge in [0.15, 0.2) is 5.79 Å². The van der Waals surface area contributed by atoms with Gasteiger partial charge < -0.3 is 14.2 Å². The Hall–Kier alpha value is -0.870. The molecule has 1 unspecified atom stereocenters. The van der Waals surface area contributed by atoms with E-state index in [-0.39, 0.29) is 12.1 Å². The molecule has 1 spiro atoms. The lowest BCUT2D eigenvalue weighted by atomic mass is 10.0. The predicted molar refractivity (Wildman–Crippen MR) is 57.8 cm³/mol. The minimum Gasteiger partial charge on any atom is -0.462 e. The lowest BCUT2D eigenvalue weighted by Crippen LogP contribution is -2.31. The maximum Gasteiger partial charge on any atom is 0.306 e. The van der Waals surface area contributed by atoms with Crippen LogP contribution in [0.5, 0.6) is 0 Å². The standard InChI is InChI=1S/C12H18O4/c1-10-4-2-3-6-12(14-8-9-15-12)7-5-11(13)16-10/h2-3,10H,4-9H2,1H3/b3-2+. The van der Waals surface area contributed by atoms with E-state index in [1.165, 1.54) is 0 Å². The van der Waals surface area contributed by atoms with Gasteiger partial charge in [-0.3, -0.25) is 4.79 Å². The first-order chi connectivity index (χ1) is 7.70. The molecule has 0 N–H and O–H groups in total. The number of cyclic esters (lactones) is 1. The summed E-state index contributed by atoms with van der Waals surface area (Å²) in [5, 5.41) is 0. The van der Waals surface area contributed by atoms with Crippen molar-refractivity contribution in [2.45, 2.75) is 44.5 Å². The smallest absolute Gasteiger partial charge is 0.306 e. The first kappa shape index (κ1) is 11.6. The van der Waals surface area contributed by atoms with E-state index in [2.05, 4.69) is 6.08 Å². The number of carbonyl (C=O) groups is 1. The third kappa shape index (κ3) is 2.83. The van der Waals surface area contributed by atoms with Crippen LogP contribution in [0.3, 0.4) is 0 Å². The highest BCUT2D eigenvalue weighted by Gasteiger charge is 2.36. The Kier molecular flexibility index (Phi) is 3.61. The minimum atomic E-state index is -0.587. The second-order valence-electron chi connectivity index (χ2n) is 4.32. The van der Waals surface area contributed by atoms with Crippen LogP contribution in [0, 0.1) is 0 Å². The van der Waals surface area contributed by atoms with Gasteiger partial charge in [-0.05, 0) is 6.92 Å². The molecular formula is C12H18O4. The van der Waals surface area contributed by atoms with E-state index in [0.29, 0.717) is 32.5 Å². The second-order valence-corrected chi connectivity index (χ2v) is 4.32. The van der Waals surface area contributed by atoms with Gasteiger partial charge in [0.1, 0.15) is 6.10 Å². The molecule has 2 aliphatic heterocycles. The molecule has 0 aromatic heterocycles. The van der Waals surface area contributed by atoms with Gasteiger partial charge in [0.25, 0.3) is 0 Å². The van der Waals surface area contributed by atoms with Crippen molar-refractivity contribution in [1.82, 2.24) is 0 Å². The monoisotopic (exact) mass is 226 g/mol. The lowest BCUT2D eigenvalue weighted by molar-refractivity contribution is -0.171. The van der Waals surface area contributed by atoms with Crippen molar-refractivity contribution in [3.05, 3.63) is 12.2 Å². The number of esters is 1. The molecule has 0 aromatic rings. The van der Waals surface area contributed by atoms with Crippen molar-refractivity contribution in [3.8, 4) is 0 Å². The average molecular weight is 226 g/mol. The summed E-state index contributed by atoms with van der Waals surface area (Å²) in [5.74, 6) is -0.753. The topological polar surface area (TPSA) is 44.8 Å². The van der Waals surface area contributed by atoms with Gasteiger partial charge in [0.05, 0.1) is 19.6 Å². The van der Waals surface area contributed by atoms with Gasteiger partial charge in [-0.2, -0.15) is 0 Å². The first-order valence-electron chi connectivity index (χ1n) is 5.83.